The Morgan fingerprint density at radius 1 is 1.25 bits per heavy atom. The van der Waals surface area contributed by atoms with Crippen molar-refractivity contribution in [3.05, 3.63) is 23.8 Å². The molecular weight excluding hydrogens is 264 g/mol. The van der Waals surface area contributed by atoms with Crippen molar-refractivity contribution in [3.63, 3.8) is 0 Å². The Labute approximate surface area is 125 Å². The van der Waals surface area contributed by atoms with Crippen molar-refractivity contribution < 1.29 is 0 Å². The van der Waals surface area contributed by atoms with E-state index in [9.17, 15) is 0 Å². The molecule has 3 heteroatoms. The number of hydrogen-bond acceptors (Lipinski definition) is 3. The minimum Gasteiger partial charge on any atom is -0.348 e. The van der Waals surface area contributed by atoms with Crippen molar-refractivity contribution in [1.29, 1.82) is 0 Å². The quantitative estimate of drug-likeness (QED) is 0.772. The number of aromatic nitrogens is 1. The molecule has 0 saturated carbocycles. The third-order valence-corrected chi connectivity index (χ3v) is 5.54. The minimum atomic E-state index is 0.954. The summed E-state index contributed by atoms with van der Waals surface area (Å²) in [4.78, 5) is 7.34. The van der Waals surface area contributed by atoms with Crippen LogP contribution in [-0.2, 0) is 0 Å². The summed E-state index contributed by atoms with van der Waals surface area (Å²) < 4.78 is 1.33. The first kappa shape index (κ1) is 13.9. The van der Waals surface area contributed by atoms with Crippen molar-refractivity contribution in [2.75, 3.05) is 18.0 Å². The SMILES string of the molecule is CCC1CCCN(c2nc3ccc(C)cc3s2)CCC1. The number of fused-ring (bicyclic) bond motifs is 1. The van der Waals surface area contributed by atoms with Crippen molar-refractivity contribution in [2.45, 2.75) is 46.0 Å². The maximum Gasteiger partial charge on any atom is 0.186 e. The standard InChI is InChI=1S/C17H24N2S/c1-3-14-6-4-10-19(11-5-7-14)17-18-15-9-8-13(2)12-16(15)20-17/h8-9,12,14H,3-7,10-11H2,1-2H3. The second-order valence-corrected chi connectivity index (χ2v) is 7.02. The predicted molar refractivity (Wildman–Crippen MR) is 88.8 cm³/mol. The third kappa shape index (κ3) is 2.98. The van der Waals surface area contributed by atoms with Gasteiger partial charge >= 0.3 is 0 Å². The summed E-state index contributed by atoms with van der Waals surface area (Å²) in [6, 6.07) is 6.57. The van der Waals surface area contributed by atoms with Crippen LogP contribution in [0.25, 0.3) is 10.2 Å². The fourth-order valence-corrected chi connectivity index (χ4v) is 4.27. The Hall–Kier alpha value is -1.09. The second kappa shape index (κ2) is 6.13. The van der Waals surface area contributed by atoms with Gasteiger partial charge in [-0.05, 0) is 56.2 Å². The predicted octanol–water partition coefficient (Wildman–Crippen LogP) is 5.01. The first-order valence-corrected chi connectivity index (χ1v) is 8.70. The molecule has 0 N–H and O–H groups in total. The number of rotatable bonds is 2. The van der Waals surface area contributed by atoms with Crippen LogP contribution in [0, 0.1) is 12.8 Å². The van der Waals surface area contributed by atoms with Crippen molar-refractivity contribution in [1.82, 2.24) is 4.98 Å². The van der Waals surface area contributed by atoms with Gasteiger partial charge in [0.15, 0.2) is 5.13 Å². The van der Waals surface area contributed by atoms with E-state index >= 15 is 0 Å². The van der Waals surface area contributed by atoms with Gasteiger partial charge in [-0.15, -0.1) is 0 Å². The lowest BCUT2D eigenvalue weighted by atomic mass is 9.93. The number of anilines is 1. The average Bonchev–Trinajstić information content (AvgIpc) is 2.81. The summed E-state index contributed by atoms with van der Waals surface area (Å²) in [5.41, 5.74) is 2.48. The molecule has 1 fully saturated rings. The molecular formula is C17H24N2S. The molecule has 0 aliphatic carbocycles. The van der Waals surface area contributed by atoms with Crippen LogP contribution < -0.4 is 4.90 Å². The molecule has 2 aromatic rings. The van der Waals surface area contributed by atoms with Crippen LogP contribution in [-0.4, -0.2) is 18.1 Å². The van der Waals surface area contributed by atoms with Crippen LogP contribution in [0.2, 0.25) is 0 Å². The summed E-state index contributed by atoms with van der Waals surface area (Å²) in [6.07, 6.45) is 6.75. The van der Waals surface area contributed by atoms with E-state index in [-0.39, 0.29) is 0 Å². The highest BCUT2D eigenvalue weighted by molar-refractivity contribution is 7.22. The number of aryl methyl sites for hydroxylation is 1. The molecule has 20 heavy (non-hydrogen) atoms. The third-order valence-electron chi connectivity index (χ3n) is 4.46. The molecule has 1 saturated heterocycles. The van der Waals surface area contributed by atoms with E-state index < -0.39 is 0 Å². The fourth-order valence-electron chi connectivity index (χ4n) is 3.15. The van der Waals surface area contributed by atoms with Gasteiger partial charge in [-0.2, -0.15) is 0 Å². The Morgan fingerprint density at radius 2 is 2.00 bits per heavy atom. The molecule has 1 aromatic heterocycles. The van der Waals surface area contributed by atoms with E-state index in [4.69, 9.17) is 4.98 Å². The van der Waals surface area contributed by atoms with Gasteiger partial charge in [0.1, 0.15) is 0 Å². The zero-order valence-electron chi connectivity index (χ0n) is 12.6. The monoisotopic (exact) mass is 288 g/mol. The molecule has 2 heterocycles. The molecule has 0 bridgehead atoms. The van der Waals surface area contributed by atoms with Crippen LogP contribution in [0.3, 0.4) is 0 Å². The van der Waals surface area contributed by atoms with E-state index in [1.165, 1.54) is 60.6 Å². The highest BCUT2D eigenvalue weighted by Gasteiger charge is 2.16. The van der Waals surface area contributed by atoms with Gasteiger partial charge in [0.25, 0.3) is 0 Å². The van der Waals surface area contributed by atoms with Gasteiger partial charge in [0.2, 0.25) is 0 Å². The smallest absolute Gasteiger partial charge is 0.186 e. The van der Waals surface area contributed by atoms with Crippen LogP contribution in [0.4, 0.5) is 5.13 Å². The van der Waals surface area contributed by atoms with Crippen LogP contribution >= 0.6 is 11.3 Å². The normalized spacial score (nSPS) is 18.2. The van der Waals surface area contributed by atoms with E-state index in [0.29, 0.717) is 0 Å². The number of nitrogens with zero attached hydrogens (tertiary/aromatic N) is 2. The minimum absolute atomic E-state index is 0.954. The molecule has 2 nitrogen and oxygen atoms in total. The van der Waals surface area contributed by atoms with E-state index in [1.807, 2.05) is 11.3 Å². The summed E-state index contributed by atoms with van der Waals surface area (Å²) in [5.74, 6) is 0.954. The topological polar surface area (TPSA) is 16.1 Å². The number of benzene rings is 1. The summed E-state index contributed by atoms with van der Waals surface area (Å²) in [7, 11) is 0. The van der Waals surface area contributed by atoms with Crippen LogP contribution in [0.15, 0.2) is 18.2 Å². The van der Waals surface area contributed by atoms with E-state index in [0.717, 1.165) is 11.4 Å². The van der Waals surface area contributed by atoms with E-state index in [2.05, 4.69) is 36.9 Å². The lowest BCUT2D eigenvalue weighted by molar-refractivity contribution is 0.393. The zero-order chi connectivity index (χ0) is 13.9. The largest absolute Gasteiger partial charge is 0.348 e. The first-order chi connectivity index (χ1) is 9.76. The zero-order valence-corrected chi connectivity index (χ0v) is 13.4. The highest BCUT2D eigenvalue weighted by Crippen LogP contribution is 2.31. The van der Waals surface area contributed by atoms with Crippen molar-refractivity contribution in [2.24, 2.45) is 5.92 Å². The molecule has 0 spiro atoms. The maximum absolute atomic E-state index is 4.83. The van der Waals surface area contributed by atoms with E-state index in [1.54, 1.807) is 0 Å². The highest BCUT2D eigenvalue weighted by atomic mass is 32.1. The van der Waals surface area contributed by atoms with Crippen LogP contribution in [0.5, 0.6) is 0 Å². The van der Waals surface area contributed by atoms with Gasteiger partial charge in [0, 0.05) is 13.1 Å². The average molecular weight is 288 g/mol. The van der Waals surface area contributed by atoms with Crippen molar-refractivity contribution in [3.8, 4) is 0 Å². The Morgan fingerprint density at radius 3 is 2.70 bits per heavy atom. The summed E-state index contributed by atoms with van der Waals surface area (Å²) in [5, 5.41) is 1.22. The number of hydrogen-bond donors (Lipinski definition) is 0. The fraction of sp³-hybridized carbons (Fsp3) is 0.588. The second-order valence-electron chi connectivity index (χ2n) is 6.01. The van der Waals surface area contributed by atoms with Gasteiger partial charge in [-0.1, -0.05) is 30.7 Å². The molecule has 0 unspecified atom stereocenters. The molecule has 0 atom stereocenters. The van der Waals surface area contributed by atoms with Crippen molar-refractivity contribution >= 4 is 26.7 Å². The molecule has 3 rings (SSSR count). The molecule has 1 aliphatic heterocycles. The molecule has 108 valence electrons. The molecule has 1 aromatic carbocycles. The van der Waals surface area contributed by atoms with Gasteiger partial charge in [-0.25, -0.2) is 4.98 Å². The molecule has 0 amide bonds. The number of thiazole rings is 1. The maximum atomic E-state index is 4.83. The van der Waals surface area contributed by atoms with Crippen LogP contribution in [0.1, 0.15) is 44.6 Å². The van der Waals surface area contributed by atoms with Gasteiger partial charge in [0.05, 0.1) is 10.2 Å². The Kier molecular flexibility index (Phi) is 4.25. The van der Waals surface area contributed by atoms with Gasteiger partial charge < -0.3 is 4.90 Å². The lowest BCUT2D eigenvalue weighted by Crippen LogP contribution is -2.28. The first-order valence-electron chi connectivity index (χ1n) is 7.88. The van der Waals surface area contributed by atoms with Gasteiger partial charge in [-0.3, -0.25) is 0 Å². The summed E-state index contributed by atoms with van der Waals surface area (Å²) in [6.45, 7) is 6.84. The molecule has 1 aliphatic rings. The Balaban J connectivity index is 1.76. The molecule has 0 radical (unpaired) electrons. The summed E-state index contributed by atoms with van der Waals surface area (Å²) >= 11 is 1.86. The lowest BCUT2D eigenvalue weighted by Gasteiger charge is -2.27. The Bertz CT molecular complexity index is 565.